The number of nitrogens with one attached hydrogen (secondary N) is 2. The number of carbonyl (C=O) groups is 2. The highest BCUT2D eigenvalue weighted by Gasteiger charge is 2.33. The molecule has 0 fully saturated rings. The second-order valence-electron chi connectivity index (χ2n) is 12.8. The first kappa shape index (κ1) is 39.6. The molecule has 0 radical (unpaired) electrons. The topological polar surface area (TPSA) is 138 Å². The van der Waals surface area contributed by atoms with Crippen LogP contribution in [-0.4, -0.2) is 86.3 Å². The van der Waals surface area contributed by atoms with Gasteiger partial charge in [0.05, 0.1) is 40.9 Å². The Morgan fingerprint density at radius 1 is 1.02 bits per heavy atom. The van der Waals surface area contributed by atoms with Crippen LogP contribution in [-0.2, 0) is 20.9 Å². The van der Waals surface area contributed by atoms with Crippen LogP contribution in [0.3, 0.4) is 0 Å². The van der Waals surface area contributed by atoms with Gasteiger partial charge in [-0.2, -0.15) is 17.5 Å². The number of ether oxygens (including phenoxy) is 2. The summed E-state index contributed by atoms with van der Waals surface area (Å²) in [5, 5.41) is 15.3. The van der Waals surface area contributed by atoms with Gasteiger partial charge >= 0.3 is 12.2 Å². The number of carbonyl (C=O) groups excluding carboxylic acids is 2. The smallest absolute Gasteiger partial charge is 0.416 e. The van der Waals surface area contributed by atoms with Gasteiger partial charge in [0.1, 0.15) is 5.75 Å². The lowest BCUT2D eigenvalue weighted by molar-refractivity contribution is -0.137. The molecule has 0 aromatic heterocycles. The number of urea groups is 1. The van der Waals surface area contributed by atoms with Crippen molar-refractivity contribution in [3.05, 3.63) is 83.9 Å². The van der Waals surface area contributed by atoms with Crippen LogP contribution in [0, 0.1) is 5.92 Å². The van der Waals surface area contributed by atoms with Crippen molar-refractivity contribution in [2.75, 3.05) is 44.0 Å². The summed E-state index contributed by atoms with van der Waals surface area (Å²) >= 11 is 0. The third-order valence-electron chi connectivity index (χ3n) is 8.67. The van der Waals surface area contributed by atoms with Gasteiger partial charge in [0.15, 0.2) is 0 Å². The van der Waals surface area contributed by atoms with Crippen molar-refractivity contribution in [1.82, 2.24) is 9.21 Å². The largest absolute Gasteiger partial charge is 0.490 e. The quantitative estimate of drug-likeness (QED) is 0.242. The number of rotatable bonds is 8. The van der Waals surface area contributed by atoms with Gasteiger partial charge in [0, 0.05) is 44.0 Å². The summed E-state index contributed by atoms with van der Waals surface area (Å²) in [6, 6.07) is 15.2. The van der Waals surface area contributed by atoms with Gasteiger partial charge in [0.25, 0.3) is 5.91 Å². The number of alkyl halides is 3. The molecule has 3 amide bonds. The SMILES string of the molecule is C[C@H](CO)N1C[C@H](C)[C@@H](CN(C)S(=O)(=O)c2ccccc2)OCCCC[C@H](C)Oc2ccc(NC(=O)Nc3ccc(C(F)(F)F)cc3)cc2C1=O. The zero-order valence-electron chi connectivity index (χ0n) is 29.0. The molecule has 3 aromatic carbocycles. The molecule has 1 aliphatic rings. The number of hydrogen-bond donors (Lipinski definition) is 3. The Hall–Kier alpha value is -4.18. The Morgan fingerprint density at radius 2 is 1.67 bits per heavy atom. The highest BCUT2D eigenvalue weighted by Crippen LogP contribution is 2.31. The molecule has 3 N–H and O–H groups in total. The molecule has 1 aliphatic heterocycles. The maximum absolute atomic E-state index is 14.3. The Morgan fingerprint density at radius 3 is 2.31 bits per heavy atom. The van der Waals surface area contributed by atoms with E-state index >= 15 is 0 Å². The van der Waals surface area contributed by atoms with E-state index in [1.165, 1.54) is 34.5 Å². The number of hydrogen-bond acceptors (Lipinski definition) is 7. The lowest BCUT2D eigenvalue weighted by Gasteiger charge is -2.35. The number of amides is 3. The summed E-state index contributed by atoms with van der Waals surface area (Å²) < 4.78 is 79.3. The molecule has 15 heteroatoms. The van der Waals surface area contributed by atoms with Crippen LogP contribution < -0.4 is 15.4 Å². The molecule has 0 saturated carbocycles. The Labute approximate surface area is 296 Å². The molecule has 4 rings (SSSR count). The molecule has 1 heterocycles. The fraction of sp³-hybridized carbons (Fsp3) is 0.444. The number of sulfonamides is 1. The molecule has 51 heavy (non-hydrogen) atoms. The van der Waals surface area contributed by atoms with Gasteiger partial charge in [-0.15, -0.1) is 0 Å². The van der Waals surface area contributed by atoms with E-state index in [1.807, 2.05) is 13.8 Å². The van der Waals surface area contributed by atoms with E-state index in [0.29, 0.717) is 19.4 Å². The highest BCUT2D eigenvalue weighted by atomic mass is 32.2. The van der Waals surface area contributed by atoms with E-state index in [4.69, 9.17) is 9.47 Å². The summed E-state index contributed by atoms with van der Waals surface area (Å²) in [4.78, 5) is 28.8. The van der Waals surface area contributed by atoms with Crippen molar-refractivity contribution >= 4 is 33.3 Å². The van der Waals surface area contributed by atoms with Crippen LogP contribution in [0.5, 0.6) is 5.75 Å². The third kappa shape index (κ3) is 10.7. The summed E-state index contributed by atoms with van der Waals surface area (Å²) in [5.74, 6) is -0.626. The Bertz CT molecular complexity index is 1730. The average Bonchev–Trinajstić information content (AvgIpc) is 3.09. The van der Waals surface area contributed by atoms with Gasteiger partial charge in [-0.05, 0) is 87.7 Å². The van der Waals surface area contributed by atoms with Gasteiger partial charge in [-0.3, -0.25) is 4.79 Å². The molecular formula is C36H45F3N4O7S. The standard InChI is InChI=1S/C36H45F3N4O7S/c1-24-21-43(25(2)23-44)34(45)31-20-29(41-35(46)40-28-15-13-27(14-16-28)36(37,38)39)17-18-32(31)50-26(3)10-8-9-19-49-33(24)22-42(4)51(47,48)30-11-6-5-7-12-30/h5-7,11-18,20,24-26,33,44H,8-10,19,21-23H2,1-4H3,(H2,40,41,46)/t24-,25+,26-,33+/m0/s1. The first-order chi connectivity index (χ1) is 24.1. The van der Waals surface area contributed by atoms with Crippen LogP contribution in [0.2, 0.25) is 0 Å². The molecule has 278 valence electrons. The van der Waals surface area contributed by atoms with E-state index in [-0.39, 0.29) is 53.4 Å². The van der Waals surface area contributed by atoms with Crippen LogP contribution in [0.4, 0.5) is 29.3 Å². The van der Waals surface area contributed by atoms with E-state index in [9.17, 15) is 36.3 Å². The summed E-state index contributed by atoms with van der Waals surface area (Å²) in [6.07, 6.45) is -3.37. The lowest BCUT2D eigenvalue weighted by atomic mass is 10.0. The zero-order chi connectivity index (χ0) is 37.3. The van der Waals surface area contributed by atoms with Crippen molar-refractivity contribution in [3.8, 4) is 5.75 Å². The van der Waals surface area contributed by atoms with Gasteiger partial charge < -0.3 is 30.1 Å². The van der Waals surface area contributed by atoms with E-state index in [2.05, 4.69) is 10.6 Å². The minimum atomic E-state index is -4.52. The number of anilines is 2. The van der Waals surface area contributed by atoms with Crippen LogP contribution in [0.25, 0.3) is 0 Å². The predicted molar refractivity (Wildman–Crippen MR) is 187 cm³/mol. The number of likely N-dealkylation sites (N-methyl/N-ethyl adjacent to an activating group) is 1. The Balaban J connectivity index is 1.60. The van der Waals surface area contributed by atoms with E-state index in [0.717, 1.165) is 30.7 Å². The predicted octanol–water partition coefficient (Wildman–Crippen LogP) is 6.47. The van der Waals surface area contributed by atoms with Gasteiger partial charge in [0.2, 0.25) is 10.0 Å². The summed E-state index contributed by atoms with van der Waals surface area (Å²) in [7, 11) is -2.34. The molecular weight excluding hydrogens is 689 g/mol. The number of nitrogens with zero attached hydrogens (tertiary/aromatic N) is 2. The maximum atomic E-state index is 14.3. The molecule has 0 bridgehead atoms. The fourth-order valence-electron chi connectivity index (χ4n) is 5.62. The van der Waals surface area contributed by atoms with Crippen molar-refractivity contribution in [2.24, 2.45) is 5.92 Å². The van der Waals surface area contributed by atoms with Crippen LogP contribution >= 0.6 is 0 Å². The summed E-state index contributed by atoms with van der Waals surface area (Å²) in [5.41, 5.74) is -0.407. The van der Waals surface area contributed by atoms with Crippen LogP contribution in [0.15, 0.2) is 77.7 Å². The Kier molecular flexibility index (Phi) is 13.5. The number of benzene rings is 3. The van der Waals surface area contributed by atoms with Gasteiger partial charge in [-0.1, -0.05) is 25.1 Å². The highest BCUT2D eigenvalue weighted by molar-refractivity contribution is 7.89. The van der Waals surface area contributed by atoms with Gasteiger partial charge in [-0.25, -0.2) is 13.2 Å². The van der Waals surface area contributed by atoms with Crippen molar-refractivity contribution in [1.29, 1.82) is 0 Å². The number of aliphatic hydroxyl groups excluding tert-OH is 1. The molecule has 11 nitrogen and oxygen atoms in total. The second kappa shape index (κ2) is 17.4. The van der Waals surface area contributed by atoms with E-state index < -0.39 is 51.8 Å². The first-order valence-corrected chi connectivity index (χ1v) is 18.1. The molecule has 0 saturated heterocycles. The second-order valence-corrected chi connectivity index (χ2v) is 14.8. The van der Waals surface area contributed by atoms with Crippen molar-refractivity contribution in [2.45, 2.75) is 69.4 Å². The lowest BCUT2D eigenvalue weighted by Crippen LogP contribution is -2.48. The monoisotopic (exact) mass is 734 g/mol. The number of halogens is 3. The van der Waals surface area contributed by atoms with E-state index in [1.54, 1.807) is 37.3 Å². The fourth-order valence-corrected chi connectivity index (χ4v) is 6.83. The summed E-state index contributed by atoms with van der Waals surface area (Å²) in [6.45, 7) is 5.51. The normalized spacial score (nSPS) is 20.1. The van der Waals surface area contributed by atoms with Crippen molar-refractivity contribution in [3.63, 3.8) is 0 Å². The third-order valence-corrected chi connectivity index (χ3v) is 10.5. The molecule has 0 spiro atoms. The molecule has 0 unspecified atom stereocenters. The number of fused-ring (bicyclic) bond motifs is 1. The minimum absolute atomic E-state index is 0.0200. The van der Waals surface area contributed by atoms with Crippen molar-refractivity contribution < 1.29 is 45.8 Å². The molecule has 4 atom stereocenters. The minimum Gasteiger partial charge on any atom is -0.490 e. The first-order valence-electron chi connectivity index (χ1n) is 16.7. The van der Waals surface area contributed by atoms with Crippen LogP contribution in [0.1, 0.15) is 56.0 Å². The number of aliphatic hydroxyl groups is 1. The maximum Gasteiger partial charge on any atom is 0.416 e. The average molecular weight is 735 g/mol. The molecule has 0 aliphatic carbocycles. The zero-order valence-corrected chi connectivity index (χ0v) is 29.8. The molecule has 3 aromatic rings.